The largest absolute Gasteiger partial charge is 0.455 e. The maximum absolute atomic E-state index is 8.70. The van der Waals surface area contributed by atoms with Crippen LogP contribution in [0.4, 0.5) is 0 Å². The van der Waals surface area contributed by atoms with Crippen molar-refractivity contribution in [3.63, 3.8) is 0 Å². The van der Waals surface area contributed by atoms with E-state index in [0.717, 1.165) is 61.0 Å². The maximum atomic E-state index is 8.70. The molecule has 0 saturated carbocycles. The number of hydrogen-bond donors (Lipinski definition) is 0. The fourth-order valence-electron chi connectivity index (χ4n) is 7.78. The number of benzene rings is 7. The van der Waals surface area contributed by atoms with Crippen LogP contribution in [-0.2, 0) is 0 Å². The molecule has 0 unspecified atom stereocenters. The van der Waals surface area contributed by atoms with Crippen molar-refractivity contribution in [1.29, 1.82) is 0 Å². The van der Waals surface area contributed by atoms with E-state index in [1.54, 1.807) is 12.1 Å². The van der Waals surface area contributed by atoms with Gasteiger partial charge in [0.15, 0.2) is 0 Å². The molecule has 3 nitrogen and oxygen atoms in total. The molecule has 0 fully saturated rings. The average Bonchev–Trinajstić information content (AvgIpc) is 3.79. The van der Waals surface area contributed by atoms with Crippen molar-refractivity contribution >= 4 is 33.0 Å². The van der Waals surface area contributed by atoms with E-state index < -0.39 is 6.85 Å². The second-order valence-electron chi connectivity index (χ2n) is 14.6. The van der Waals surface area contributed by atoms with Gasteiger partial charge in [0.05, 0.1) is 22.3 Å². The summed E-state index contributed by atoms with van der Waals surface area (Å²) < 4.78 is 34.9. The molecule has 0 saturated heterocycles. The minimum absolute atomic E-state index is 0.106. The molecule has 0 atom stereocenters. The number of nitrogens with zero attached hydrogens (tertiary/aromatic N) is 2. The molecule has 7 aromatic carbocycles. The maximum Gasteiger partial charge on any atom is 0.149 e. The number of imidazole rings is 1. The zero-order chi connectivity index (χ0) is 38.7. The van der Waals surface area contributed by atoms with Gasteiger partial charge in [-0.1, -0.05) is 143 Å². The molecule has 9 rings (SSSR count). The number of hydrogen-bond acceptors (Lipinski definition) is 2. The van der Waals surface area contributed by atoms with Crippen molar-refractivity contribution in [1.82, 2.24) is 9.55 Å². The lowest BCUT2D eigenvalue weighted by Gasteiger charge is -2.25. The number of aryl methyl sites for hydroxylation is 1. The molecule has 0 radical (unpaired) electrons. The van der Waals surface area contributed by atoms with Crippen molar-refractivity contribution in [2.24, 2.45) is 0 Å². The molecule has 0 aliphatic carbocycles. The number of rotatable bonds is 7. The monoisotopic (exact) mass is 689 g/mol. The van der Waals surface area contributed by atoms with Gasteiger partial charge in [-0.3, -0.25) is 4.57 Å². The molecular weight excluding hydrogens is 645 g/mol. The summed E-state index contributed by atoms with van der Waals surface area (Å²) in [5.41, 5.74) is 13.8. The number of furan rings is 1. The van der Waals surface area contributed by atoms with E-state index >= 15 is 0 Å². The summed E-state index contributed by atoms with van der Waals surface area (Å²) in [5.74, 6) is 0.859. The average molecular weight is 690 g/mol. The highest BCUT2D eigenvalue weighted by atomic mass is 16.3. The van der Waals surface area contributed by atoms with Crippen molar-refractivity contribution < 1.29 is 8.53 Å². The minimum atomic E-state index is -2.37. The molecule has 0 bridgehead atoms. The summed E-state index contributed by atoms with van der Waals surface area (Å²) >= 11 is 0. The summed E-state index contributed by atoms with van der Waals surface area (Å²) in [6.07, 6.45) is 0. The van der Waals surface area contributed by atoms with Crippen molar-refractivity contribution in [2.45, 2.75) is 46.4 Å². The molecule has 0 N–H and O–H groups in total. The Morgan fingerprint density at radius 1 is 0.547 bits per heavy atom. The van der Waals surface area contributed by atoms with Crippen LogP contribution in [-0.4, -0.2) is 9.55 Å². The first kappa shape index (κ1) is 29.4. The second kappa shape index (κ2) is 13.1. The second-order valence-corrected chi connectivity index (χ2v) is 14.6. The highest BCUT2D eigenvalue weighted by Crippen LogP contribution is 2.43. The normalized spacial score (nSPS) is 12.9. The summed E-state index contributed by atoms with van der Waals surface area (Å²) in [7, 11) is 0. The molecule has 53 heavy (non-hydrogen) atoms. The van der Waals surface area contributed by atoms with Gasteiger partial charge in [-0.15, -0.1) is 0 Å². The summed E-state index contributed by atoms with van der Waals surface area (Å²) in [6, 6.07) is 52.0. The van der Waals surface area contributed by atoms with Gasteiger partial charge in [-0.05, 0) is 105 Å². The number of fused-ring (bicyclic) bond motifs is 4. The number of aromatic nitrogens is 2. The van der Waals surface area contributed by atoms with E-state index in [1.807, 2.05) is 48.5 Å². The van der Waals surface area contributed by atoms with E-state index in [4.69, 9.17) is 13.5 Å². The third-order valence-corrected chi connectivity index (χ3v) is 10.5. The van der Waals surface area contributed by atoms with Crippen LogP contribution in [0.25, 0.3) is 83.4 Å². The Hall–Kier alpha value is -6.19. The summed E-state index contributed by atoms with van der Waals surface area (Å²) in [4.78, 5) is 5.29. The SMILES string of the molecule is [2H]C([2H])([2H])c1cccc2nc(-c3cccc4c3oc3ccc(-c5ccccc5)cc34)n(-c3c(C(C)C)cc(-c4ccc(-c5ccccc5)cc4)cc3C(C)C)c12. The predicted molar refractivity (Wildman–Crippen MR) is 223 cm³/mol. The lowest BCUT2D eigenvalue weighted by atomic mass is 9.87. The Kier molecular flexibility index (Phi) is 7.26. The van der Waals surface area contributed by atoms with Gasteiger partial charge in [0, 0.05) is 14.9 Å². The van der Waals surface area contributed by atoms with Crippen molar-refractivity contribution in [3.8, 4) is 50.5 Å². The molecule has 2 aromatic heterocycles. The molecular formula is C50H42N2O. The molecule has 0 aliphatic heterocycles. The van der Waals surface area contributed by atoms with Gasteiger partial charge < -0.3 is 4.42 Å². The van der Waals surface area contributed by atoms with Gasteiger partial charge in [-0.25, -0.2) is 4.98 Å². The Labute approximate surface area is 315 Å². The van der Waals surface area contributed by atoms with Crippen LogP contribution >= 0.6 is 0 Å². The molecule has 0 amide bonds. The van der Waals surface area contributed by atoms with E-state index in [-0.39, 0.29) is 17.4 Å². The van der Waals surface area contributed by atoms with E-state index in [2.05, 4.69) is 123 Å². The third-order valence-electron chi connectivity index (χ3n) is 10.5. The van der Waals surface area contributed by atoms with Crippen LogP contribution in [0.1, 0.15) is 60.3 Å². The van der Waals surface area contributed by atoms with Gasteiger partial charge >= 0.3 is 0 Å². The van der Waals surface area contributed by atoms with Gasteiger partial charge in [0.25, 0.3) is 0 Å². The lowest BCUT2D eigenvalue weighted by Crippen LogP contribution is -2.10. The highest BCUT2D eigenvalue weighted by Gasteiger charge is 2.26. The fraction of sp³-hybridized carbons (Fsp3) is 0.140. The first-order chi connectivity index (χ1) is 27.1. The van der Waals surface area contributed by atoms with Gasteiger partial charge in [-0.2, -0.15) is 0 Å². The first-order valence-corrected chi connectivity index (χ1v) is 18.4. The topological polar surface area (TPSA) is 31.0 Å². The van der Waals surface area contributed by atoms with Crippen LogP contribution in [0.2, 0.25) is 0 Å². The van der Waals surface area contributed by atoms with Crippen LogP contribution in [0.15, 0.2) is 156 Å². The van der Waals surface area contributed by atoms with Crippen LogP contribution in [0, 0.1) is 6.85 Å². The third kappa shape index (κ3) is 5.64. The molecule has 258 valence electrons. The minimum Gasteiger partial charge on any atom is -0.455 e. The Morgan fingerprint density at radius 2 is 1.13 bits per heavy atom. The summed E-state index contributed by atoms with van der Waals surface area (Å²) in [6.45, 7) is 6.46. The van der Waals surface area contributed by atoms with Crippen molar-refractivity contribution in [2.75, 3.05) is 0 Å². The summed E-state index contributed by atoms with van der Waals surface area (Å²) in [5, 5.41) is 2.00. The lowest BCUT2D eigenvalue weighted by molar-refractivity contribution is 0.669. The Bertz CT molecular complexity index is 2850. The molecule has 0 aliphatic rings. The van der Waals surface area contributed by atoms with E-state index in [9.17, 15) is 0 Å². The zero-order valence-electron chi connectivity index (χ0n) is 33.4. The predicted octanol–water partition coefficient (Wildman–Crippen LogP) is 14.1. The zero-order valence-corrected chi connectivity index (χ0v) is 30.4. The van der Waals surface area contributed by atoms with Crippen LogP contribution in [0.3, 0.4) is 0 Å². The highest BCUT2D eigenvalue weighted by molar-refractivity contribution is 6.10. The fourth-order valence-corrected chi connectivity index (χ4v) is 7.78. The number of para-hydroxylation sites is 2. The van der Waals surface area contributed by atoms with Gasteiger partial charge in [0.1, 0.15) is 17.0 Å². The molecule has 2 heterocycles. The van der Waals surface area contributed by atoms with E-state index in [1.165, 1.54) is 11.1 Å². The first-order valence-electron chi connectivity index (χ1n) is 19.9. The molecule has 0 spiro atoms. The Morgan fingerprint density at radius 3 is 1.77 bits per heavy atom. The van der Waals surface area contributed by atoms with E-state index in [0.29, 0.717) is 22.4 Å². The quantitative estimate of drug-likeness (QED) is 0.167. The molecule has 3 heteroatoms. The van der Waals surface area contributed by atoms with Crippen molar-refractivity contribution in [3.05, 3.63) is 168 Å². The molecule has 9 aromatic rings. The standard InChI is InChI=1S/C50H42N2O/c1-31(2)42-29-39(37-24-22-36(23-25-37)34-15-8-6-9-16-34)30-43(32(3)4)48(42)52-47-33(5)14-12-21-45(47)51-50(52)41-20-13-19-40-44-28-38(35-17-10-7-11-18-35)26-27-46(44)53-49(40)41/h6-32H,1-5H3/i5D3. The van der Waals surface area contributed by atoms with Crippen LogP contribution in [0.5, 0.6) is 0 Å². The van der Waals surface area contributed by atoms with Crippen LogP contribution < -0.4 is 0 Å². The Balaban J connectivity index is 1.31. The smallest absolute Gasteiger partial charge is 0.149 e. The van der Waals surface area contributed by atoms with Gasteiger partial charge in [0.2, 0.25) is 0 Å².